The van der Waals surface area contributed by atoms with Gasteiger partial charge in [0, 0.05) is 54.4 Å². The van der Waals surface area contributed by atoms with Crippen molar-refractivity contribution in [2.75, 3.05) is 40.3 Å². The van der Waals surface area contributed by atoms with Crippen molar-refractivity contribution in [2.24, 2.45) is 0 Å². The first kappa shape index (κ1) is 15.1. The molecular weight excluding hydrogens is 281 g/mol. The summed E-state index contributed by atoms with van der Waals surface area (Å²) in [6, 6.07) is 6.17. The summed E-state index contributed by atoms with van der Waals surface area (Å²) < 4.78 is 0. The first-order valence-electron chi connectivity index (χ1n) is 6.60. The van der Waals surface area contributed by atoms with Crippen molar-refractivity contribution in [1.29, 1.82) is 0 Å². The molecule has 19 heavy (non-hydrogen) atoms. The van der Waals surface area contributed by atoms with Crippen LogP contribution in [-0.2, 0) is 6.54 Å². The number of likely N-dealkylation sites (N-methyl/N-ethyl adjacent to an activating group) is 2. The Balaban J connectivity index is 1.86. The van der Waals surface area contributed by atoms with Crippen molar-refractivity contribution in [3.8, 4) is 0 Å². The zero-order chi connectivity index (χ0) is 13.8. The molecule has 106 valence electrons. The Kier molecular flexibility index (Phi) is 5.48. The molecule has 1 N–H and O–H groups in total. The average Bonchev–Trinajstić information content (AvgIpc) is 2.37. The zero-order valence-electron chi connectivity index (χ0n) is 11.5. The third kappa shape index (κ3) is 4.07. The van der Waals surface area contributed by atoms with Gasteiger partial charge in [0.25, 0.3) is 0 Å². The maximum atomic E-state index is 6.16. The first-order valence-corrected chi connectivity index (χ1v) is 7.36. The van der Waals surface area contributed by atoms with Gasteiger partial charge in [0.15, 0.2) is 0 Å². The molecule has 1 unspecified atom stereocenters. The van der Waals surface area contributed by atoms with Crippen molar-refractivity contribution < 1.29 is 0 Å². The fraction of sp³-hybridized carbons (Fsp3) is 0.571. The first-order chi connectivity index (χ1) is 9.08. The van der Waals surface area contributed by atoms with Crippen LogP contribution in [0, 0.1) is 0 Å². The quantitative estimate of drug-likeness (QED) is 0.921. The Labute approximate surface area is 125 Å². The minimum atomic E-state index is 0.542. The SMILES string of the molecule is CN1CCN(C)C(CNCc2c(Cl)cccc2Cl)C1. The van der Waals surface area contributed by atoms with E-state index in [-0.39, 0.29) is 0 Å². The van der Waals surface area contributed by atoms with Gasteiger partial charge in [-0.05, 0) is 26.2 Å². The summed E-state index contributed by atoms with van der Waals surface area (Å²) in [5.74, 6) is 0. The van der Waals surface area contributed by atoms with Gasteiger partial charge in [0.05, 0.1) is 0 Å². The molecule has 1 heterocycles. The summed E-state index contributed by atoms with van der Waals surface area (Å²) in [7, 11) is 4.35. The molecule has 0 radical (unpaired) electrons. The van der Waals surface area contributed by atoms with Crippen LogP contribution in [0.1, 0.15) is 5.56 Å². The molecule has 2 rings (SSSR count). The van der Waals surface area contributed by atoms with E-state index in [0.29, 0.717) is 12.6 Å². The van der Waals surface area contributed by atoms with Crippen LogP contribution in [0.2, 0.25) is 10.0 Å². The van der Waals surface area contributed by atoms with Gasteiger partial charge in [-0.2, -0.15) is 0 Å². The summed E-state index contributed by atoms with van der Waals surface area (Å²) in [6.45, 7) is 5.02. The Morgan fingerprint density at radius 1 is 1.21 bits per heavy atom. The maximum Gasteiger partial charge on any atom is 0.0465 e. The van der Waals surface area contributed by atoms with Gasteiger partial charge < -0.3 is 10.2 Å². The summed E-state index contributed by atoms with van der Waals surface area (Å²) >= 11 is 12.3. The van der Waals surface area contributed by atoms with Gasteiger partial charge in [-0.3, -0.25) is 4.90 Å². The smallest absolute Gasteiger partial charge is 0.0465 e. The molecule has 0 saturated carbocycles. The van der Waals surface area contributed by atoms with E-state index < -0.39 is 0 Å². The number of nitrogens with one attached hydrogen (secondary N) is 1. The molecule has 1 aromatic rings. The van der Waals surface area contributed by atoms with E-state index in [2.05, 4.69) is 29.2 Å². The van der Waals surface area contributed by atoms with E-state index in [9.17, 15) is 0 Å². The Morgan fingerprint density at radius 3 is 2.58 bits per heavy atom. The molecule has 0 spiro atoms. The van der Waals surface area contributed by atoms with E-state index >= 15 is 0 Å². The largest absolute Gasteiger partial charge is 0.311 e. The van der Waals surface area contributed by atoms with Gasteiger partial charge in [0.2, 0.25) is 0 Å². The van der Waals surface area contributed by atoms with Crippen LogP contribution in [0.15, 0.2) is 18.2 Å². The number of rotatable bonds is 4. The minimum Gasteiger partial charge on any atom is -0.311 e. The van der Waals surface area contributed by atoms with Crippen LogP contribution in [0.4, 0.5) is 0 Å². The molecule has 1 atom stereocenters. The summed E-state index contributed by atoms with van der Waals surface area (Å²) in [5.41, 5.74) is 0.984. The van der Waals surface area contributed by atoms with Gasteiger partial charge in [-0.1, -0.05) is 29.3 Å². The van der Waals surface area contributed by atoms with Crippen LogP contribution in [0.25, 0.3) is 0 Å². The van der Waals surface area contributed by atoms with Gasteiger partial charge in [-0.25, -0.2) is 0 Å². The lowest BCUT2D eigenvalue weighted by Crippen LogP contribution is -2.53. The van der Waals surface area contributed by atoms with E-state index in [4.69, 9.17) is 23.2 Å². The topological polar surface area (TPSA) is 18.5 Å². The van der Waals surface area contributed by atoms with Crippen molar-refractivity contribution in [3.05, 3.63) is 33.8 Å². The number of piperazine rings is 1. The molecule has 3 nitrogen and oxygen atoms in total. The van der Waals surface area contributed by atoms with Crippen LogP contribution < -0.4 is 5.32 Å². The highest BCUT2D eigenvalue weighted by Gasteiger charge is 2.21. The predicted octanol–water partition coefficient (Wildman–Crippen LogP) is 2.33. The number of hydrogen-bond acceptors (Lipinski definition) is 3. The highest BCUT2D eigenvalue weighted by atomic mass is 35.5. The standard InChI is InChI=1S/C14H21Cl2N3/c1-18-6-7-19(2)11(10-18)8-17-9-12-13(15)4-3-5-14(12)16/h3-5,11,17H,6-10H2,1-2H3. The lowest BCUT2D eigenvalue weighted by Gasteiger charge is -2.37. The number of nitrogens with zero attached hydrogens (tertiary/aromatic N) is 2. The molecule has 0 aliphatic carbocycles. The molecule has 0 amide bonds. The van der Waals surface area contributed by atoms with E-state index in [1.54, 1.807) is 0 Å². The highest BCUT2D eigenvalue weighted by Crippen LogP contribution is 2.23. The third-order valence-electron chi connectivity index (χ3n) is 3.72. The Bertz CT molecular complexity index is 405. The predicted molar refractivity (Wildman–Crippen MR) is 82.1 cm³/mol. The van der Waals surface area contributed by atoms with Crippen LogP contribution in [0.3, 0.4) is 0 Å². The average molecular weight is 302 g/mol. The fourth-order valence-corrected chi connectivity index (χ4v) is 2.92. The summed E-state index contributed by atoms with van der Waals surface area (Å²) in [6.07, 6.45) is 0. The van der Waals surface area contributed by atoms with Crippen molar-refractivity contribution in [2.45, 2.75) is 12.6 Å². The van der Waals surface area contributed by atoms with Gasteiger partial charge in [0.1, 0.15) is 0 Å². The van der Waals surface area contributed by atoms with Crippen molar-refractivity contribution >= 4 is 23.2 Å². The molecule has 1 aliphatic rings. The van der Waals surface area contributed by atoms with Gasteiger partial charge >= 0.3 is 0 Å². The van der Waals surface area contributed by atoms with E-state index in [0.717, 1.165) is 41.8 Å². The molecule has 1 aromatic carbocycles. The molecule has 5 heteroatoms. The normalized spacial score (nSPS) is 21.8. The number of hydrogen-bond donors (Lipinski definition) is 1. The van der Waals surface area contributed by atoms with E-state index in [1.165, 1.54) is 0 Å². The summed E-state index contributed by atoms with van der Waals surface area (Å²) in [4.78, 5) is 4.77. The number of halogens is 2. The van der Waals surface area contributed by atoms with Gasteiger partial charge in [-0.15, -0.1) is 0 Å². The molecule has 1 aliphatic heterocycles. The lowest BCUT2D eigenvalue weighted by atomic mass is 10.1. The highest BCUT2D eigenvalue weighted by molar-refractivity contribution is 6.35. The zero-order valence-corrected chi connectivity index (χ0v) is 13.0. The van der Waals surface area contributed by atoms with E-state index in [1.807, 2.05) is 18.2 Å². The van der Waals surface area contributed by atoms with Crippen LogP contribution >= 0.6 is 23.2 Å². The Hall–Kier alpha value is -0.320. The van der Waals surface area contributed by atoms with Crippen molar-refractivity contribution in [1.82, 2.24) is 15.1 Å². The lowest BCUT2D eigenvalue weighted by molar-refractivity contribution is 0.113. The Morgan fingerprint density at radius 2 is 1.89 bits per heavy atom. The molecule has 1 saturated heterocycles. The second-order valence-corrected chi connectivity index (χ2v) is 6.04. The second kappa shape index (κ2) is 6.91. The fourth-order valence-electron chi connectivity index (χ4n) is 2.39. The molecular formula is C14H21Cl2N3. The van der Waals surface area contributed by atoms with Crippen LogP contribution in [0.5, 0.6) is 0 Å². The second-order valence-electron chi connectivity index (χ2n) is 5.23. The monoisotopic (exact) mass is 301 g/mol. The molecule has 0 aromatic heterocycles. The minimum absolute atomic E-state index is 0.542. The maximum absolute atomic E-state index is 6.16. The number of benzene rings is 1. The van der Waals surface area contributed by atoms with Crippen molar-refractivity contribution in [3.63, 3.8) is 0 Å². The molecule has 0 bridgehead atoms. The summed E-state index contributed by atoms with van der Waals surface area (Å²) in [5, 5.41) is 4.93. The third-order valence-corrected chi connectivity index (χ3v) is 4.43. The van der Waals surface area contributed by atoms with Crippen LogP contribution in [-0.4, -0.2) is 56.1 Å². The molecule has 1 fully saturated rings.